The van der Waals surface area contributed by atoms with Crippen molar-refractivity contribution in [2.75, 3.05) is 0 Å². The molecule has 0 amide bonds. The van der Waals surface area contributed by atoms with Gasteiger partial charge in [0.15, 0.2) is 0 Å². The Morgan fingerprint density at radius 3 is 0.773 bits per heavy atom. The van der Waals surface area contributed by atoms with E-state index in [2.05, 4.69) is 0 Å². The van der Waals surface area contributed by atoms with E-state index in [4.69, 9.17) is 43.4 Å². The summed E-state index contributed by atoms with van der Waals surface area (Å²) in [6.07, 6.45) is -1.45. The first kappa shape index (κ1) is 62.4. The van der Waals surface area contributed by atoms with Gasteiger partial charge in [-0.2, -0.15) is 0 Å². The molecule has 0 heterocycles. The average molecular weight is 676 g/mol. The second-order valence-corrected chi connectivity index (χ2v) is 7.43. The number of carboxylic acids is 8. The van der Waals surface area contributed by atoms with Crippen molar-refractivity contribution < 1.29 is 197 Å². The summed E-state index contributed by atoms with van der Waals surface area (Å²) < 4.78 is 0. The minimum Gasteiger partial charge on any atom is -0.550 e. The summed E-state index contributed by atoms with van der Waals surface area (Å²) in [4.78, 5) is 79.0. The van der Waals surface area contributed by atoms with Gasteiger partial charge in [-0.1, -0.05) is 0 Å². The molecule has 0 aromatic heterocycles. The second kappa shape index (κ2) is 38.8. The fourth-order valence-electron chi connectivity index (χ4n) is 1.59. The predicted molar refractivity (Wildman–Crippen MR) is 119 cm³/mol. The van der Waals surface area contributed by atoms with Crippen LogP contribution in [0.4, 0.5) is 0 Å². The van der Waals surface area contributed by atoms with Crippen LogP contribution in [0.25, 0.3) is 0 Å². The molecule has 0 radical (unpaired) electrons. The Bertz CT molecular complexity index is 734. The molecule has 0 aliphatic carbocycles. The molecule has 0 aliphatic heterocycles. The van der Waals surface area contributed by atoms with Crippen molar-refractivity contribution in [2.24, 2.45) is 22.9 Å². The fraction of sp³-hybridized carbons (Fsp3) is 0.600. The van der Waals surface area contributed by atoms with Crippen molar-refractivity contribution in [1.82, 2.24) is 0 Å². The minimum atomic E-state index is -1.44. The van der Waals surface area contributed by atoms with Gasteiger partial charge in [0.25, 0.3) is 0 Å². The summed E-state index contributed by atoms with van der Waals surface area (Å²) in [7, 11) is 0. The molecule has 0 fully saturated rings. The van der Waals surface area contributed by atoms with E-state index in [0.717, 1.165) is 0 Å². The first-order valence-corrected chi connectivity index (χ1v) is 10.9. The van der Waals surface area contributed by atoms with Crippen molar-refractivity contribution in [3.63, 3.8) is 0 Å². The van der Waals surface area contributed by atoms with Crippen LogP contribution in [0.1, 0.15) is 51.4 Å². The zero-order valence-electron chi connectivity index (χ0n) is 25.0. The number of carbonyl (C=O) groups excluding carboxylic acids is 4. The summed E-state index contributed by atoms with van der Waals surface area (Å²) in [5.41, 5.74) is 19.8. The van der Waals surface area contributed by atoms with E-state index in [1.165, 1.54) is 0 Å². The number of nitrogens with two attached hydrogens (primary N) is 4. The van der Waals surface area contributed by atoms with Gasteiger partial charge in [0.2, 0.25) is 0 Å². The molecule has 24 heteroatoms. The van der Waals surface area contributed by atoms with Gasteiger partial charge in [0.05, 0.1) is 11.9 Å². The van der Waals surface area contributed by atoms with Crippen molar-refractivity contribution >= 4 is 47.8 Å². The van der Waals surface area contributed by atoms with Crippen LogP contribution >= 0.6 is 0 Å². The molecule has 0 saturated carbocycles. The summed E-state index contributed by atoms with van der Waals surface area (Å²) in [5.74, 6) is -9.90. The quantitative estimate of drug-likeness (QED) is 0.0703. The van der Waals surface area contributed by atoms with E-state index in [1.54, 1.807) is 0 Å². The van der Waals surface area contributed by atoms with Gasteiger partial charge >= 0.3 is 142 Å². The van der Waals surface area contributed by atoms with Crippen LogP contribution < -0.4 is 162 Å². The van der Waals surface area contributed by atoms with Gasteiger partial charge < -0.3 is 83.0 Å². The Morgan fingerprint density at radius 2 is 0.636 bits per heavy atom. The third kappa shape index (κ3) is 54.1. The topological polar surface area (TPSA) is 414 Å². The van der Waals surface area contributed by atoms with E-state index in [-0.39, 0.29) is 170 Å². The van der Waals surface area contributed by atoms with E-state index < -0.39 is 71.9 Å². The van der Waals surface area contributed by atoms with Crippen LogP contribution in [-0.2, 0) is 38.4 Å². The average Bonchev–Trinajstić information content (AvgIpc) is 2.83. The van der Waals surface area contributed by atoms with Gasteiger partial charge in [0, 0.05) is 36.9 Å². The second-order valence-electron chi connectivity index (χ2n) is 7.43. The molecule has 0 rings (SSSR count). The molecule has 0 aromatic rings. The Kier molecular flexibility index (Phi) is 55.0. The van der Waals surface area contributed by atoms with E-state index >= 15 is 0 Å². The van der Waals surface area contributed by atoms with Gasteiger partial charge in [-0.3, -0.25) is 19.2 Å². The predicted octanol–water partition coefficient (Wildman–Crippen LogP) is -20.3. The van der Waals surface area contributed by atoms with E-state index in [0.29, 0.717) is 0 Å². The molecule has 0 aromatic carbocycles. The van der Waals surface area contributed by atoms with Crippen LogP contribution in [-0.4, -0.2) is 92.3 Å². The monoisotopic (exact) mass is 676 g/mol. The minimum absolute atomic E-state index is 0. The third-order valence-electron chi connectivity index (χ3n) is 3.90. The summed E-state index contributed by atoms with van der Waals surface area (Å²) in [6, 6.07) is -4.54. The zero-order valence-corrected chi connectivity index (χ0v) is 33.0. The van der Waals surface area contributed by atoms with Crippen molar-refractivity contribution in [1.29, 1.82) is 0 Å². The molecular weight excluding hydrogens is 644 g/mol. The third-order valence-corrected chi connectivity index (χ3v) is 3.90. The molecule has 0 unspecified atom stereocenters. The molecule has 12 N–H and O–H groups in total. The largest absolute Gasteiger partial charge is 1.00 e. The van der Waals surface area contributed by atoms with Crippen LogP contribution in [0, 0.1) is 0 Å². The van der Waals surface area contributed by atoms with Crippen molar-refractivity contribution in [2.45, 2.75) is 75.5 Å². The van der Waals surface area contributed by atoms with E-state index in [1.807, 2.05) is 0 Å². The molecule has 20 nitrogen and oxygen atoms in total. The van der Waals surface area contributed by atoms with E-state index in [9.17, 15) is 58.8 Å². The number of carboxylic acid groups (broad SMARTS) is 8. The normalized spacial score (nSPS) is 11.4. The van der Waals surface area contributed by atoms with Crippen LogP contribution in [0.15, 0.2) is 0 Å². The summed E-state index contributed by atoms with van der Waals surface area (Å²) in [5, 5.41) is 71.8. The molecule has 0 bridgehead atoms. The molecule has 0 spiro atoms. The maximum absolute atomic E-state index is 9.99. The van der Waals surface area contributed by atoms with Crippen LogP contribution in [0.2, 0.25) is 0 Å². The first-order valence-electron chi connectivity index (χ1n) is 10.9. The maximum atomic E-state index is 9.99. The van der Waals surface area contributed by atoms with Gasteiger partial charge in [-0.15, -0.1) is 0 Å². The standard InChI is InChI=1S/4C5H9NO4.4Na/c4*6-3(5(9)10)1-2-4(7)8;;;;/h4*3H,1-2,6H2,(H,7,8)(H,9,10);;;;/q;;;;4*+1/p-4/t4*3-;;;;/m0000..../s1. The van der Waals surface area contributed by atoms with Gasteiger partial charge in [-0.05, 0) is 38.5 Å². The number of hydrogen-bond donors (Lipinski definition) is 8. The fourth-order valence-corrected chi connectivity index (χ4v) is 1.59. The zero-order chi connectivity index (χ0) is 32.6. The molecule has 0 saturated heterocycles. The molecule has 4 atom stereocenters. The molecule has 44 heavy (non-hydrogen) atoms. The Hall–Kier alpha value is -0.400. The van der Waals surface area contributed by atoms with Crippen molar-refractivity contribution in [3.8, 4) is 0 Å². The van der Waals surface area contributed by atoms with Gasteiger partial charge in [0.1, 0.15) is 12.1 Å². The molecule has 232 valence electrons. The summed E-state index contributed by atoms with van der Waals surface area (Å²) in [6.45, 7) is 0. The first-order chi connectivity index (χ1) is 18.1. The Morgan fingerprint density at radius 1 is 0.432 bits per heavy atom. The maximum Gasteiger partial charge on any atom is 1.00 e. The number of rotatable bonds is 16. The van der Waals surface area contributed by atoms with Crippen LogP contribution in [0.5, 0.6) is 0 Å². The number of carbonyl (C=O) groups is 8. The Balaban J connectivity index is -0.0000000635. The molecular formula is C20H32N4Na4O16. The Labute approximate surface area is 339 Å². The molecule has 0 aliphatic rings. The number of aliphatic carboxylic acids is 8. The number of hydrogen-bond acceptors (Lipinski definition) is 16. The SMILES string of the molecule is N[C@@H](CCC(=O)O)C(=O)O.N[C@@H](CCC(=O)O)C(=O)O.N[C@@H](CCC(=O)[O-])C(=O)[O-].N[C@@H](CCC(=O)[O-])C(=O)[O-].[Na+].[Na+].[Na+].[Na+]. The van der Waals surface area contributed by atoms with Crippen molar-refractivity contribution in [3.05, 3.63) is 0 Å². The van der Waals surface area contributed by atoms with Crippen LogP contribution in [0.3, 0.4) is 0 Å². The smallest absolute Gasteiger partial charge is 0.550 e. The van der Waals surface area contributed by atoms with Gasteiger partial charge in [-0.25, -0.2) is 0 Å². The summed E-state index contributed by atoms with van der Waals surface area (Å²) >= 11 is 0.